The van der Waals surface area contributed by atoms with E-state index in [-0.39, 0.29) is 17.9 Å². The number of carbonyl (C=O) groups excluding carboxylic acids is 1. The molecule has 5 heteroatoms. The number of aliphatic hydroxyl groups is 1. The summed E-state index contributed by atoms with van der Waals surface area (Å²) in [5.41, 5.74) is 7.82. The Kier molecular flexibility index (Phi) is 3.99. The van der Waals surface area contributed by atoms with Gasteiger partial charge in [-0.1, -0.05) is 35.8 Å². The van der Waals surface area contributed by atoms with Crippen LogP contribution < -0.4 is 10.6 Å². The highest BCUT2D eigenvalue weighted by Gasteiger charge is 2.39. The van der Waals surface area contributed by atoms with Crippen LogP contribution in [0.25, 0.3) is 0 Å². The number of fused-ring (bicyclic) bond motifs is 1. The van der Waals surface area contributed by atoms with Gasteiger partial charge in [-0.25, -0.2) is 0 Å². The topological polar surface area (TPSA) is 66.6 Å². The average molecular weight is 327 g/mol. The van der Waals surface area contributed by atoms with Gasteiger partial charge in [-0.3, -0.25) is 4.79 Å². The molecule has 0 aromatic heterocycles. The van der Waals surface area contributed by atoms with Crippen molar-refractivity contribution in [1.82, 2.24) is 0 Å². The number of halogens is 1. The summed E-state index contributed by atoms with van der Waals surface area (Å²) in [5, 5.41) is 8.91. The third-order valence-corrected chi connectivity index (χ3v) is 4.05. The maximum absolute atomic E-state index is 12.4. The molecule has 4 nitrogen and oxygen atoms in total. The van der Waals surface area contributed by atoms with Crippen molar-refractivity contribution in [2.45, 2.75) is 31.7 Å². The number of amides is 1. The number of rotatable bonds is 3. The molecule has 0 bridgehead atoms. The molecule has 0 saturated carbocycles. The van der Waals surface area contributed by atoms with Gasteiger partial charge >= 0.3 is 0 Å². The summed E-state index contributed by atoms with van der Waals surface area (Å²) in [5.74, 6) is -0.126. The molecule has 104 valence electrons. The van der Waals surface area contributed by atoms with E-state index in [1.807, 2.05) is 18.2 Å². The lowest BCUT2D eigenvalue weighted by Crippen LogP contribution is -2.45. The second-order valence-electron chi connectivity index (χ2n) is 5.59. The summed E-state index contributed by atoms with van der Waals surface area (Å²) in [4.78, 5) is 14.1. The predicted molar refractivity (Wildman–Crippen MR) is 79.2 cm³/mol. The summed E-state index contributed by atoms with van der Waals surface area (Å²) in [6, 6.07) is 5.34. The Balaban J connectivity index is 2.36. The summed E-state index contributed by atoms with van der Waals surface area (Å²) >= 11 is 3.44. The molecule has 1 unspecified atom stereocenters. The van der Waals surface area contributed by atoms with Crippen molar-refractivity contribution in [3.8, 4) is 0 Å². The highest BCUT2D eigenvalue weighted by atomic mass is 79.9. The summed E-state index contributed by atoms with van der Waals surface area (Å²) in [6.07, 6.45) is 0.291. The SMILES string of the molecule is CC1(C)CN(C(=O)C(N)CCO)c2cc(Br)ccc21. The lowest BCUT2D eigenvalue weighted by molar-refractivity contribution is -0.120. The van der Waals surface area contributed by atoms with E-state index >= 15 is 0 Å². The quantitative estimate of drug-likeness (QED) is 0.889. The standard InChI is InChI=1S/C14H19BrN2O2/c1-14(2)8-17(13(19)11(16)5-6-18)12-7-9(15)3-4-10(12)14/h3-4,7,11,18H,5-6,8,16H2,1-2H3. The van der Waals surface area contributed by atoms with Crippen LogP contribution >= 0.6 is 15.9 Å². The molecular formula is C14H19BrN2O2. The van der Waals surface area contributed by atoms with Gasteiger partial charge in [0.2, 0.25) is 5.91 Å². The first-order valence-electron chi connectivity index (χ1n) is 6.34. The lowest BCUT2D eigenvalue weighted by Gasteiger charge is -2.23. The van der Waals surface area contributed by atoms with Crippen LogP contribution in [0, 0.1) is 0 Å². The van der Waals surface area contributed by atoms with Crippen LogP contribution in [0.1, 0.15) is 25.8 Å². The van der Waals surface area contributed by atoms with Crippen LogP contribution in [-0.4, -0.2) is 30.2 Å². The number of nitrogens with zero attached hydrogens (tertiary/aromatic N) is 1. The third kappa shape index (κ3) is 2.68. The molecular weight excluding hydrogens is 308 g/mol. The van der Waals surface area contributed by atoms with Gasteiger partial charge < -0.3 is 15.7 Å². The zero-order valence-electron chi connectivity index (χ0n) is 11.2. The molecule has 1 aromatic rings. The number of nitrogens with two attached hydrogens (primary N) is 1. The molecule has 0 aliphatic carbocycles. The smallest absolute Gasteiger partial charge is 0.244 e. The molecule has 0 radical (unpaired) electrons. The maximum atomic E-state index is 12.4. The van der Waals surface area contributed by atoms with Crippen LogP contribution in [-0.2, 0) is 10.2 Å². The molecule has 0 spiro atoms. The molecule has 1 amide bonds. The van der Waals surface area contributed by atoms with Crippen LogP contribution in [0.5, 0.6) is 0 Å². The fourth-order valence-electron chi connectivity index (χ4n) is 2.53. The summed E-state index contributed by atoms with van der Waals surface area (Å²) < 4.78 is 0.942. The van der Waals surface area contributed by atoms with E-state index in [4.69, 9.17) is 10.8 Å². The number of aliphatic hydroxyl groups excluding tert-OH is 1. The molecule has 0 saturated heterocycles. The molecule has 1 aliphatic heterocycles. The first-order valence-corrected chi connectivity index (χ1v) is 7.14. The highest BCUT2D eigenvalue weighted by Crippen LogP contribution is 2.41. The zero-order valence-corrected chi connectivity index (χ0v) is 12.8. The minimum Gasteiger partial charge on any atom is -0.396 e. The lowest BCUT2D eigenvalue weighted by atomic mass is 9.87. The van der Waals surface area contributed by atoms with Gasteiger partial charge in [0.05, 0.1) is 6.04 Å². The van der Waals surface area contributed by atoms with Crippen molar-refractivity contribution < 1.29 is 9.90 Å². The number of benzene rings is 1. The molecule has 1 aromatic carbocycles. The van der Waals surface area contributed by atoms with Gasteiger partial charge in [-0.15, -0.1) is 0 Å². The first-order chi connectivity index (χ1) is 8.86. The average Bonchev–Trinajstić information content (AvgIpc) is 2.60. The van der Waals surface area contributed by atoms with Gasteiger partial charge in [0.15, 0.2) is 0 Å². The fraction of sp³-hybridized carbons (Fsp3) is 0.500. The fourth-order valence-corrected chi connectivity index (χ4v) is 2.87. The van der Waals surface area contributed by atoms with Gasteiger partial charge in [-0.05, 0) is 24.1 Å². The third-order valence-electron chi connectivity index (χ3n) is 3.56. The van der Waals surface area contributed by atoms with E-state index in [1.54, 1.807) is 4.90 Å². The highest BCUT2D eigenvalue weighted by molar-refractivity contribution is 9.10. The molecule has 0 fully saturated rings. The Morgan fingerprint density at radius 1 is 1.58 bits per heavy atom. The van der Waals surface area contributed by atoms with Gasteiger partial charge in [0.25, 0.3) is 0 Å². The largest absolute Gasteiger partial charge is 0.396 e. The Hall–Kier alpha value is -0.910. The van der Waals surface area contributed by atoms with Crippen LogP contribution in [0.15, 0.2) is 22.7 Å². The molecule has 3 N–H and O–H groups in total. The number of hydrogen-bond acceptors (Lipinski definition) is 3. The van der Waals surface area contributed by atoms with Crippen molar-refractivity contribution in [3.05, 3.63) is 28.2 Å². The zero-order chi connectivity index (χ0) is 14.2. The first kappa shape index (κ1) is 14.5. The summed E-state index contributed by atoms with van der Waals surface area (Å²) in [6.45, 7) is 4.78. The van der Waals surface area contributed by atoms with Crippen LogP contribution in [0.2, 0.25) is 0 Å². The normalized spacial score (nSPS) is 18.3. The Morgan fingerprint density at radius 3 is 2.89 bits per heavy atom. The van der Waals surface area contributed by atoms with Crippen LogP contribution in [0.4, 0.5) is 5.69 Å². The van der Waals surface area contributed by atoms with E-state index in [2.05, 4.69) is 29.8 Å². The van der Waals surface area contributed by atoms with E-state index in [0.717, 1.165) is 15.7 Å². The van der Waals surface area contributed by atoms with E-state index in [9.17, 15) is 4.79 Å². The molecule has 19 heavy (non-hydrogen) atoms. The second kappa shape index (κ2) is 5.23. The molecule has 2 rings (SSSR count). The number of hydrogen-bond donors (Lipinski definition) is 2. The predicted octanol–water partition coefficient (Wildman–Crippen LogP) is 1.78. The Bertz CT molecular complexity index is 502. The minimum absolute atomic E-state index is 0.0739. The number of anilines is 1. The minimum atomic E-state index is -0.647. The van der Waals surface area contributed by atoms with Gasteiger partial charge in [0, 0.05) is 28.7 Å². The van der Waals surface area contributed by atoms with E-state index in [1.165, 1.54) is 0 Å². The second-order valence-corrected chi connectivity index (χ2v) is 6.50. The maximum Gasteiger partial charge on any atom is 0.244 e. The summed E-state index contributed by atoms with van der Waals surface area (Å²) in [7, 11) is 0. The van der Waals surface area contributed by atoms with Crippen molar-refractivity contribution in [1.29, 1.82) is 0 Å². The molecule has 1 aliphatic rings. The van der Waals surface area contributed by atoms with E-state index in [0.29, 0.717) is 13.0 Å². The number of carbonyl (C=O) groups is 1. The van der Waals surface area contributed by atoms with Crippen molar-refractivity contribution in [2.24, 2.45) is 5.73 Å². The monoisotopic (exact) mass is 326 g/mol. The van der Waals surface area contributed by atoms with Crippen molar-refractivity contribution >= 4 is 27.5 Å². The van der Waals surface area contributed by atoms with Gasteiger partial charge in [-0.2, -0.15) is 0 Å². The van der Waals surface area contributed by atoms with Crippen molar-refractivity contribution in [2.75, 3.05) is 18.1 Å². The Labute approximate surface area is 121 Å². The van der Waals surface area contributed by atoms with Crippen LogP contribution in [0.3, 0.4) is 0 Å². The van der Waals surface area contributed by atoms with Crippen molar-refractivity contribution in [3.63, 3.8) is 0 Å². The molecule has 1 heterocycles. The molecule has 1 atom stereocenters. The van der Waals surface area contributed by atoms with E-state index < -0.39 is 6.04 Å². The van der Waals surface area contributed by atoms with Gasteiger partial charge in [0.1, 0.15) is 0 Å². The Morgan fingerprint density at radius 2 is 2.26 bits per heavy atom.